The molecule has 0 radical (unpaired) electrons. The number of anilines is 2. The number of nitrogens with zero attached hydrogens (tertiary/aromatic N) is 3. The third-order valence-corrected chi connectivity index (χ3v) is 5.84. The number of carbonyl (C=O) groups is 1. The highest BCUT2D eigenvalue weighted by molar-refractivity contribution is 7.99. The maximum atomic E-state index is 12.3. The number of para-hydroxylation sites is 1. The molecule has 1 aromatic heterocycles. The van der Waals surface area contributed by atoms with Crippen LogP contribution in [0.1, 0.15) is 28.1 Å². The summed E-state index contributed by atoms with van der Waals surface area (Å²) in [5.41, 5.74) is 6.60. The molecular formula is C22H27N5OS. The normalized spacial score (nSPS) is 10.8. The Labute approximate surface area is 176 Å². The predicted molar refractivity (Wildman–Crippen MR) is 120 cm³/mol. The molecule has 0 bridgehead atoms. The molecule has 0 fully saturated rings. The molecule has 0 aliphatic carbocycles. The zero-order valence-electron chi connectivity index (χ0n) is 17.5. The number of thioether (sulfide) groups is 1. The van der Waals surface area contributed by atoms with E-state index in [2.05, 4.69) is 58.9 Å². The van der Waals surface area contributed by atoms with Crippen LogP contribution in [0.15, 0.2) is 41.6 Å². The van der Waals surface area contributed by atoms with Gasteiger partial charge in [-0.2, -0.15) is 0 Å². The molecule has 29 heavy (non-hydrogen) atoms. The zero-order valence-corrected chi connectivity index (χ0v) is 18.4. The molecule has 3 aromatic rings. The summed E-state index contributed by atoms with van der Waals surface area (Å²) in [6.07, 6.45) is 0. The van der Waals surface area contributed by atoms with E-state index in [9.17, 15) is 4.79 Å². The van der Waals surface area contributed by atoms with Crippen molar-refractivity contribution in [1.82, 2.24) is 14.8 Å². The van der Waals surface area contributed by atoms with Crippen molar-refractivity contribution in [2.24, 2.45) is 7.05 Å². The van der Waals surface area contributed by atoms with Crippen molar-refractivity contribution in [2.75, 3.05) is 16.4 Å². The average molecular weight is 410 g/mol. The van der Waals surface area contributed by atoms with Crippen molar-refractivity contribution in [3.8, 4) is 0 Å². The summed E-state index contributed by atoms with van der Waals surface area (Å²) in [7, 11) is 1.92. The van der Waals surface area contributed by atoms with Crippen LogP contribution < -0.4 is 10.6 Å². The fourth-order valence-electron chi connectivity index (χ4n) is 3.16. The second kappa shape index (κ2) is 9.13. The van der Waals surface area contributed by atoms with Gasteiger partial charge in [0.1, 0.15) is 0 Å². The summed E-state index contributed by atoms with van der Waals surface area (Å²) in [6.45, 7) is 8.77. The zero-order chi connectivity index (χ0) is 21.0. The van der Waals surface area contributed by atoms with E-state index in [-0.39, 0.29) is 11.7 Å². The third-order valence-electron chi connectivity index (χ3n) is 4.82. The van der Waals surface area contributed by atoms with Crippen LogP contribution in [-0.4, -0.2) is 26.4 Å². The molecule has 2 N–H and O–H groups in total. The molecule has 0 saturated carbocycles. The molecule has 0 aliphatic heterocycles. The van der Waals surface area contributed by atoms with E-state index in [0.717, 1.165) is 27.9 Å². The van der Waals surface area contributed by atoms with Crippen LogP contribution in [-0.2, 0) is 18.4 Å². The number of rotatable bonds is 7. The first kappa shape index (κ1) is 20.9. The molecule has 0 atom stereocenters. The molecule has 3 rings (SSSR count). The van der Waals surface area contributed by atoms with E-state index in [1.165, 1.54) is 28.5 Å². The van der Waals surface area contributed by atoms with Crippen molar-refractivity contribution < 1.29 is 4.79 Å². The minimum absolute atomic E-state index is 0.0554. The summed E-state index contributed by atoms with van der Waals surface area (Å²) in [6, 6.07) is 12.2. The minimum Gasteiger partial charge on any atom is -0.377 e. The van der Waals surface area contributed by atoms with Gasteiger partial charge in [-0.05, 0) is 50.5 Å². The lowest BCUT2D eigenvalue weighted by Gasteiger charge is -2.12. The molecule has 0 saturated heterocycles. The highest BCUT2D eigenvalue weighted by Gasteiger charge is 2.13. The van der Waals surface area contributed by atoms with Crippen molar-refractivity contribution >= 4 is 29.0 Å². The molecule has 2 aromatic carbocycles. The van der Waals surface area contributed by atoms with Crippen molar-refractivity contribution in [2.45, 2.75) is 39.4 Å². The van der Waals surface area contributed by atoms with Crippen LogP contribution in [0.3, 0.4) is 0 Å². The molecule has 0 spiro atoms. The summed E-state index contributed by atoms with van der Waals surface area (Å²) in [4.78, 5) is 12.3. The minimum atomic E-state index is -0.0554. The van der Waals surface area contributed by atoms with Crippen molar-refractivity contribution in [1.29, 1.82) is 0 Å². The first-order chi connectivity index (χ1) is 13.8. The number of hydrogen-bond acceptors (Lipinski definition) is 5. The van der Waals surface area contributed by atoms with Crippen LogP contribution in [0.2, 0.25) is 0 Å². The van der Waals surface area contributed by atoms with Gasteiger partial charge in [0.2, 0.25) is 5.91 Å². The van der Waals surface area contributed by atoms with Crippen LogP contribution in [0.5, 0.6) is 0 Å². The maximum Gasteiger partial charge on any atom is 0.234 e. The Morgan fingerprint density at radius 2 is 1.76 bits per heavy atom. The number of aryl methyl sites for hydroxylation is 4. The first-order valence-electron chi connectivity index (χ1n) is 9.53. The number of aromatic nitrogens is 3. The monoisotopic (exact) mass is 409 g/mol. The molecule has 6 nitrogen and oxygen atoms in total. The first-order valence-corrected chi connectivity index (χ1v) is 10.5. The highest BCUT2D eigenvalue weighted by atomic mass is 32.2. The number of nitrogens with one attached hydrogen (secondary N) is 2. The van der Waals surface area contributed by atoms with Crippen LogP contribution in [0, 0.1) is 27.7 Å². The molecular weight excluding hydrogens is 382 g/mol. The summed E-state index contributed by atoms with van der Waals surface area (Å²) >= 11 is 1.38. The Morgan fingerprint density at radius 3 is 2.45 bits per heavy atom. The Morgan fingerprint density at radius 1 is 1.03 bits per heavy atom. The predicted octanol–water partition coefficient (Wildman–Crippen LogP) is 4.39. The fraction of sp³-hybridized carbons (Fsp3) is 0.318. The highest BCUT2D eigenvalue weighted by Crippen LogP contribution is 2.22. The standard InChI is InChI=1S/C22H27N5OS/c1-14-9-10-18(17(4)11-14)24-20(28)13-29-22-26-25-19(27(22)5)12-23-21-15(2)7-6-8-16(21)3/h6-11,23H,12-13H2,1-5H3,(H,24,28). The molecule has 0 unspecified atom stereocenters. The number of hydrogen-bond donors (Lipinski definition) is 2. The van der Waals surface area contributed by atoms with E-state index >= 15 is 0 Å². The van der Waals surface area contributed by atoms with E-state index in [1.807, 2.05) is 37.6 Å². The molecule has 1 heterocycles. The third kappa shape index (κ3) is 5.17. The van der Waals surface area contributed by atoms with Gasteiger partial charge in [0.25, 0.3) is 0 Å². The molecule has 7 heteroatoms. The van der Waals surface area contributed by atoms with E-state index in [4.69, 9.17) is 0 Å². The van der Waals surface area contributed by atoms with Crippen LogP contribution >= 0.6 is 11.8 Å². The van der Waals surface area contributed by atoms with Gasteiger partial charge in [0.05, 0.1) is 12.3 Å². The number of benzene rings is 2. The maximum absolute atomic E-state index is 12.3. The topological polar surface area (TPSA) is 71.8 Å². The Bertz CT molecular complexity index is 1010. The lowest BCUT2D eigenvalue weighted by Crippen LogP contribution is -2.15. The van der Waals surface area contributed by atoms with Gasteiger partial charge in [-0.15, -0.1) is 10.2 Å². The number of carbonyl (C=O) groups excluding carboxylic acids is 1. The lowest BCUT2D eigenvalue weighted by atomic mass is 10.1. The molecule has 1 amide bonds. The van der Waals surface area contributed by atoms with Gasteiger partial charge in [0, 0.05) is 18.4 Å². The fourth-order valence-corrected chi connectivity index (χ4v) is 3.89. The van der Waals surface area contributed by atoms with Crippen LogP contribution in [0.25, 0.3) is 0 Å². The molecule has 0 aliphatic rings. The second-order valence-corrected chi connectivity index (χ2v) is 8.18. The summed E-state index contributed by atoms with van der Waals surface area (Å²) in [5, 5.41) is 15.6. The SMILES string of the molecule is Cc1ccc(NC(=O)CSc2nnc(CNc3c(C)cccc3C)n2C)c(C)c1. The number of amides is 1. The largest absolute Gasteiger partial charge is 0.377 e. The van der Waals surface area contributed by atoms with Gasteiger partial charge < -0.3 is 15.2 Å². The smallest absolute Gasteiger partial charge is 0.234 e. The Kier molecular flexibility index (Phi) is 6.59. The second-order valence-electron chi connectivity index (χ2n) is 7.23. The van der Waals surface area contributed by atoms with Crippen molar-refractivity contribution in [3.05, 3.63) is 64.5 Å². The van der Waals surface area contributed by atoms with Crippen molar-refractivity contribution in [3.63, 3.8) is 0 Å². The van der Waals surface area contributed by atoms with E-state index in [1.54, 1.807) is 0 Å². The van der Waals surface area contributed by atoms with Crippen LogP contribution in [0.4, 0.5) is 11.4 Å². The Hall–Kier alpha value is -2.80. The summed E-state index contributed by atoms with van der Waals surface area (Å²) in [5.74, 6) is 1.05. The van der Waals surface area contributed by atoms with E-state index in [0.29, 0.717) is 6.54 Å². The van der Waals surface area contributed by atoms with Gasteiger partial charge in [-0.25, -0.2) is 0 Å². The van der Waals surface area contributed by atoms with Gasteiger partial charge in [-0.3, -0.25) is 4.79 Å². The van der Waals surface area contributed by atoms with Gasteiger partial charge in [-0.1, -0.05) is 47.7 Å². The van der Waals surface area contributed by atoms with E-state index < -0.39 is 0 Å². The average Bonchev–Trinajstić information content (AvgIpc) is 3.02. The Balaban J connectivity index is 1.57. The van der Waals surface area contributed by atoms with Gasteiger partial charge in [0.15, 0.2) is 11.0 Å². The van der Waals surface area contributed by atoms with Gasteiger partial charge >= 0.3 is 0 Å². The molecule has 152 valence electrons. The lowest BCUT2D eigenvalue weighted by molar-refractivity contribution is -0.113. The quantitative estimate of drug-likeness (QED) is 0.566. The summed E-state index contributed by atoms with van der Waals surface area (Å²) < 4.78 is 1.93.